The van der Waals surface area contributed by atoms with Gasteiger partial charge in [-0.3, -0.25) is 0 Å². The molecule has 14 heavy (non-hydrogen) atoms. The van der Waals surface area contributed by atoms with Gasteiger partial charge in [-0.05, 0) is 36.1 Å². The predicted octanol–water partition coefficient (Wildman–Crippen LogP) is 3.44. The van der Waals surface area contributed by atoms with Gasteiger partial charge in [-0.15, -0.1) is 11.6 Å². The Morgan fingerprint density at radius 1 is 1.43 bits per heavy atom. The summed E-state index contributed by atoms with van der Waals surface area (Å²) in [5, 5.41) is 8.94. The number of fused-ring (bicyclic) bond motifs is 1. The van der Waals surface area contributed by atoms with Crippen molar-refractivity contribution in [3.8, 4) is 6.07 Å². The number of aryl methyl sites for hydroxylation is 1. The second kappa shape index (κ2) is 3.56. The summed E-state index contributed by atoms with van der Waals surface area (Å²) >= 11 is 9.59. The SMILES string of the molecule is N#CC1(Cl)CCc2cc(Br)ccc2C1. The maximum Gasteiger partial charge on any atom is 0.135 e. The number of alkyl halides is 1. The summed E-state index contributed by atoms with van der Waals surface area (Å²) in [6.45, 7) is 0. The van der Waals surface area contributed by atoms with Crippen LogP contribution in [0.25, 0.3) is 0 Å². The van der Waals surface area contributed by atoms with E-state index in [0.717, 1.165) is 17.3 Å². The first-order valence-corrected chi connectivity index (χ1v) is 5.67. The van der Waals surface area contributed by atoms with E-state index in [1.54, 1.807) is 0 Å². The van der Waals surface area contributed by atoms with E-state index in [-0.39, 0.29) is 0 Å². The van der Waals surface area contributed by atoms with E-state index in [1.807, 2.05) is 12.1 Å². The van der Waals surface area contributed by atoms with E-state index in [2.05, 4.69) is 28.1 Å². The van der Waals surface area contributed by atoms with E-state index in [0.29, 0.717) is 6.42 Å². The van der Waals surface area contributed by atoms with Crippen molar-refractivity contribution in [2.24, 2.45) is 0 Å². The zero-order valence-electron chi connectivity index (χ0n) is 7.56. The molecule has 0 fully saturated rings. The number of halogens is 2. The van der Waals surface area contributed by atoms with Crippen molar-refractivity contribution in [2.45, 2.75) is 24.1 Å². The summed E-state index contributed by atoms with van der Waals surface area (Å²) in [6, 6.07) is 8.35. The summed E-state index contributed by atoms with van der Waals surface area (Å²) < 4.78 is 1.09. The molecule has 0 saturated heterocycles. The van der Waals surface area contributed by atoms with Crippen molar-refractivity contribution in [1.82, 2.24) is 0 Å². The van der Waals surface area contributed by atoms with E-state index >= 15 is 0 Å². The van der Waals surface area contributed by atoms with Crippen LogP contribution in [0.3, 0.4) is 0 Å². The third-order valence-corrected chi connectivity index (χ3v) is 3.53. The van der Waals surface area contributed by atoms with Crippen LogP contribution >= 0.6 is 27.5 Å². The molecule has 72 valence electrons. The summed E-state index contributed by atoms with van der Waals surface area (Å²) in [5.74, 6) is 0. The minimum Gasteiger partial charge on any atom is -0.196 e. The van der Waals surface area contributed by atoms with Crippen LogP contribution in [0.5, 0.6) is 0 Å². The van der Waals surface area contributed by atoms with Crippen molar-refractivity contribution < 1.29 is 0 Å². The van der Waals surface area contributed by atoms with Gasteiger partial charge in [0.1, 0.15) is 4.87 Å². The zero-order chi connectivity index (χ0) is 10.2. The van der Waals surface area contributed by atoms with Gasteiger partial charge in [-0.1, -0.05) is 22.0 Å². The highest BCUT2D eigenvalue weighted by Crippen LogP contribution is 2.34. The van der Waals surface area contributed by atoms with Crippen molar-refractivity contribution >= 4 is 27.5 Å². The molecule has 1 nitrogen and oxygen atoms in total. The zero-order valence-corrected chi connectivity index (χ0v) is 9.90. The molecule has 0 aliphatic heterocycles. The standard InChI is InChI=1S/C11H9BrClN/c12-10-2-1-9-6-11(13,7-14)4-3-8(9)5-10/h1-2,5H,3-4,6H2. The number of benzene rings is 1. The largest absolute Gasteiger partial charge is 0.196 e. The summed E-state index contributed by atoms with van der Waals surface area (Å²) in [7, 11) is 0. The molecule has 1 atom stereocenters. The van der Waals surface area contributed by atoms with Crippen LogP contribution < -0.4 is 0 Å². The lowest BCUT2D eigenvalue weighted by Gasteiger charge is -2.26. The molecule has 0 bridgehead atoms. The van der Waals surface area contributed by atoms with Crippen LogP contribution in [-0.2, 0) is 12.8 Å². The molecule has 0 heterocycles. The van der Waals surface area contributed by atoms with Gasteiger partial charge < -0.3 is 0 Å². The first-order valence-electron chi connectivity index (χ1n) is 4.50. The monoisotopic (exact) mass is 269 g/mol. The molecular formula is C11H9BrClN. The first kappa shape index (κ1) is 10.0. The number of hydrogen-bond donors (Lipinski definition) is 0. The lowest BCUT2D eigenvalue weighted by atomic mass is 9.84. The molecule has 0 saturated carbocycles. The molecule has 3 heteroatoms. The van der Waals surface area contributed by atoms with Crippen LogP contribution in [0.2, 0.25) is 0 Å². The molecule has 2 rings (SSSR count). The Morgan fingerprint density at radius 2 is 2.21 bits per heavy atom. The fraction of sp³-hybridized carbons (Fsp3) is 0.364. The molecular weight excluding hydrogens is 261 g/mol. The lowest BCUT2D eigenvalue weighted by Crippen LogP contribution is -2.28. The van der Waals surface area contributed by atoms with Crippen molar-refractivity contribution in [1.29, 1.82) is 5.26 Å². The molecule has 0 amide bonds. The number of hydrogen-bond acceptors (Lipinski definition) is 1. The van der Waals surface area contributed by atoms with Gasteiger partial charge in [0.05, 0.1) is 6.07 Å². The molecule has 0 spiro atoms. The quantitative estimate of drug-likeness (QED) is 0.663. The number of rotatable bonds is 0. The van der Waals surface area contributed by atoms with E-state index in [4.69, 9.17) is 16.9 Å². The second-order valence-corrected chi connectivity index (χ2v) is 5.31. The van der Waals surface area contributed by atoms with Crippen LogP contribution in [-0.4, -0.2) is 4.87 Å². The van der Waals surface area contributed by atoms with E-state index in [9.17, 15) is 0 Å². The fourth-order valence-corrected chi connectivity index (χ4v) is 2.47. The molecule has 0 aromatic heterocycles. The topological polar surface area (TPSA) is 23.8 Å². The second-order valence-electron chi connectivity index (χ2n) is 3.67. The van der Waals surface area contributed by atoms with Crippen molar-refractivity contribution in [2.75, 3.05) is 0 Å². The summed E-state index contributed by atoms with van der Waals surface area (Å²) in [6.07, 6.45) is 2.30. The summed E-state index contributed by atoms with van der Waals surface area (Å²) in [4.78, 5) is -0.680. The minimum absolute atomic E-state index is 0.660. The van der Waals surface area contributed by atoms with Gasteiger partial charge in [0.15, 0.2) is 0 Å². The highest BCUT2D eigenvalue weighted by molar-refractivity contribution is 9.10. The van der Waals surface area contributed by atoms with Crippen molar-refractivity contribution in [3.63, 3.8) is 0 Å². The Kier molecular flexibility index (Phi) is 2.55. The van der Waals surface area contributed by atoms with Gasteiger partial charge >= 0.3 is 0 Å². The Hall–Kier alpha value is -0.520. The smallest absolute Gasteiger partial charge is 0.135 e. The molecule has 1 aliphatic rings. The molecule has 0 N–H and O–H groups in total. The van der Waals surface area contributed by atoms with E-state index in [1.165, 1.54) is 11.1 Å². The summed E-state index contributed by atoms with van der Waals surface area (Å²) in [5.41, 5.74) is 2.52. The van der Waals surface area contributed by atoms with Crippen LogP contribution in [0.4, 0.5) is 0 Å². The highest BCUT2D eigenvalue weighted by Gasteiger charge is 2.32. The Balaban J connectivity index is 2.37. The van der Waals surface area contributed by atoms with Gasteiger partial charge in [-0.25, -0.2) is 0 Å². The predicted molar refractivity (Wildman–Crippen MR) is 60.4 cm³/mol. The Morgan fingerprint density at radius 3 is 2.93 bits per heavy atom. The minimum atomic E-state index is -0.680. The average Bonchev–Trinajstić information content (AvgIpc) is 2.19. The molecule has 1 aromatic rings. The average molecular weight is 271 g/mol. The van der Waals surface area contributed by atoms with Crippen LogP contribution in [0.15, 0.2) is 22.7 Å². The first-order chi connectivity index (χ1) is 6.63. The lowest BCUT2D eigenvalue weighted by molar-refractivity contribution is 0.599. The van der Waals surface area contributed by atoms with Gasteiger partial charge in [0.25, 0.3) is 0 Å². The fourth-order valence-electron chi connectivity index (χ4n) is 1.82. The Labute approximate surface area is 96.8 Å². The van der Waals surface area contributed by atoms with Crippen LogP contribution in [0, 0.1) is 11.3 Å². The number of nitrogens with zero attached hydrogens (tertiary/aromatic N) is 1. The third kappa shape index (κ3) is 1.80. The molecule has 0 radical (unpaired) electrons. The highest BCUT2D eigenvalue weighted by atomic mass is 79.9. The molecule has 1 aliphatic carbocycles. The van der Waals surface area contributed by atoms with Gasteiger partial charge in [0, 0.05) is 10.9 Å². The third-order valence-electron chi connectivity index (χ3n) is 2.63. The Bertz CT molecular complexity index is 410. The van der Waals surface area contributed by atoms with Gasteiger partial charge in [-0.2, -0.15) is 5.26 Å². The molecule has 1 aromatic carbocycles. The maximum absolute atomic E-state index is 8.94. The van der Waals surface area contributed by atoms with Gasteiger partial charge in [0.2, 0.25) is 0 Å². The number of nitriles is 1. The maximum atomic E-state index is 8.94. The normalized spacial score (nSPS) is 25.2. The molecule has 1 unspecified atom stereocenters. The van der Waals surface area contributed by atoms with Crippen LogP contribution in [0.1, 0.15) is 17.5 Å². The van der Waals surface area contributed by atoms with Crippen molar-refractivity contribution in [3.05, 3.63) is 33.8 Å². The van der Waals surface area contributed by atoms with E-state index < -0.39 is 4.87 Å².